The second-order valence-corrected chi connectivity index (χ2v) is 5.16. The quantitative estimate of drug-likeness (QED) is 0.749. The number of nitrogens with two attached hydrogens (primary N) is 1. The number of hydrogen-bond acceptors (Lipinski definition) is 4. The van der Waals surface area contributed by atoms with Crippen LogP contribution in [-0.4, -0.2) is 48.9 Å². The average molecular weight is 290 g/mol. The maximum absolute atomic E-state index is 12.7. The van der Waals surface area contributed by atoms with Crippen molar-refractivity contribution in [1.29, 1.82) is 0 Å². The number of benzene rings is 1. The van der Waals surface area contributed by atoms with E-state index in [0.717, 1.165) is 5.69 Å². The Balaban J connectivity index is 2.25. The number of nitrogens with one attached hydrogen (secondary N) is 2. The van der Waals surface area contributed by atoms with Gasteiger partial charge in [-0.25, -0.2) is 0 Å². The minimum absolute atomic E-state index is 0.138. The zero-order valence-corrected chi connectivity index (χ0v) is 12.4. The molecule has 0 radical (unpaired) electrons. The summed E-state index contributed by atoms with van der Waals surface area (Å²) in [6.07, 6.45) is 0.499. The van der Waals surface area contributed by atoms with Crippen molar-refractivity contribution in [2.45, 2.75) is 25.4 Å². The molecule has 114 valence electrons. The van der Waals surface area contributed by atoms with E-state index in [0.29, 0.717) is 25.1 Å². The van der Waals surface area contributed by atoms with Crippen LogP contribution in [0.1, 0.15) is 23.7 Å². The van der Waals surface area contributed by atoms with Crippen molar-refractivity contribution < 1.29 is 9.59 Å². The molecular weight excluding hydrogens is 268 g/mol. The van der Waals surface area contributed by atoms with Gasteiger partial charge in [-0.15, -0.1) is 0 Å². The minimum Gasteiger partial charge on any atom is -0.387 e. The molecule has 1 aromatic rings. The monoisotopic (exact) mass is 290 g/mol. The molecule has 0 unspecified atom stereocenters. The summed E-state index contributed by atoms with van der Waals surface area (Å²) in [6, 6.07) is 6.61. The molecule has 1 aromatic carbocycles. The van der Waals surface area contributed by atoms with Gasteiger partial charge in [-0.1, -0.05) is 12.1 Å². The fourth-order valence-corrected chi connectivity index (χ4v) is 2.68. The summed E-state index contributed by atoms with van der Waals surface area (Å²) < 4.78 is 0. The highest BCUT2D eigenvalue weighted by Crippen LogP contribution is 2.23. The molecule has 1 fully saturated rings. The fraction of sp³-hybridized carbons (Fsp3) is 0.467. The number of nitrogens with zero attached hydrogens (tertiary/aromatic N) is 1. The molecule has 0 spiro atoms. The summed E-state index contributed by atoms with van der Waals surface area (Å²) in [5, 5.41) is 5.77. The van der Waals surface area contributed by atoms with Gasteiger partial charge in [-0.3, -0.25) is 9.59 Å². The van der Waals surface area contributed by atoms with Gasteiger partial charge < -0.3 is 21.3 Å². The zero-order chi connectivity index (χ0) is 15.4. The number of amides is 2. The highest BCUT2D eigenvalue weighted by Gasteiger charge is 2.38. The van der Waals surface area contributed by atoms with Crippen molar-refractivity contribution in [2.75, 3.05) is 25.5 Å². The Morgan fingerprint density at radius 3 is 2.76 bits per heavy atom. The highest BCUT2D eigenvalue weighted by atomic mass is 16.2. The van der Waals surface area contributed by atoms with E-state index in [-0.39, 0.29) is 17.9 Å². The fourth-order valence-electron chi connectivity index (χ4n) is 2.68. The Bertz CT molecular complexity index is 532. The van der Waals surface area contributed by atoms with Crippen LogP contribution in [0.25, 0.3) is 0 Å². The number of para-hydroxylation sites is 1. The largest absolute Gasteiger partial charge is 0.387 e. The summed E-state index contributed by atoms with van der Waals surface area (Å²) in [5.74, 6) is -0.301. The predicted octanol–water partition coefficient (Wildman–Crippen LogP) is 0.406. The molecule has 1 saturated heterocycles. The number of rotatable bonds is 4. The van der Waals surface area contributed by atoms with Crippen molar-refractivity contribution >= 4 is 17.5 Å². The van der Waals surface area contributed by atoms with Gasteiger partial charge in [-0.2, -0.15) is 0 Å². The Morgan fingerprint density at radius 1 is 1.38 bits per heavy atom. The standard InChI is InChI=1S/C15H22N4O2/c1-3-18-14(20)13-8-10(16)9-19(13)15(21)11-6-4-5-7-12(11)17-2/h4-7,10,13,17H,3,8-9,16H2,1-2H3,(H,18,20)/t10-,13-/m0/s1. The normalized spacial score (nSPS) is 21.2. The maximum atomic E-state index is 12.7. The van der Waals surface area contributed by atoms with E-state index in [4.69, 9.17) is 5.73 Å². The first-order valence-corrected chi connectivity index (χ1v) is 7.19. The van der Waals surface area contributed by atoms with Crippen LogP contribution >= 0.6 is 0 Å². The van der Waals surface area contributed by atoms with E-state index in [1.165, 1.54) is 0 Å². The molecule has 6 nitrogen and oxygen atoms in total. The number of carbonyl (C=O) groups excluding carboxylic acids is 2. The average Bonchev–Trinajstić information content (AvgIpc) is 2.88. The van der Waals surface area contributed by atoms with E-state index in [1.807, 2.05) is 25.1 Å². The highest BCUT2D eigenvalue weighted by molar-refractivity contribution is 6.02. The summed E-state index contributed by atoms with van der Waals surface area (Å²) in [6.45, 7) is 2.80. The molecule has 4 N–H and O–H groups in total. The van der Waals surface area contributed by atoms with Crippen LogP contribution in [0.3, 0.4) is 0 Å². The Kier molecular flexibility index (Phi) is 4.80. The van der Waals surface area contributed by atoms with Gasteiger partial charge in [0.25, 0.3) is 5.91 Å². The van der Waals surface area contributed by atoms with Crippen LogP contribution in [0.15, 0.2) is 24.3 Å². The van der Waals surface area contributed by atoms with Gasteiger partial charge in [0.1, 0.15) is 6.04 Å². The maximum Gasteiger partial charge on any atom is 0.256 e. The molecule has 1 heterocycles. The molecule has 2 amide bonds. The summed E-state index contributed by atoms with van der Waals surface area (Å²) >= 11 is 0. The van der Waals surface area contributed by atoms with E-state index in [2.05, 4.69) is 10.6 Å². The lowest BCUT2D eigenvalue weighted by atomic mass is 10.1. The third-order valence-corrected chi connectivity index (χ3v) is 3.67. The first-order chi connectivity index (χ1) is 10.1. The Morgan fingerprint density at radius 2 is 2.10 bits per heavy atom. The molecule has 0 aromatic heterocycles. The summed E-state index contributed by atoms with van der Waals surface area (Å²) in [7, 11) is 1.77. The summed E-state index contributed by atoms with van der Waals surface area (Å²) in [5.41, 5.74) is 7.25. The number of likely N-dealkylation sites (tertiary alicyclic amines) is 1. The SMILES string of the molecule is CCNC(=O)[C@@H]1C[C@H](N)CN1C(=O)c1ccccc1NC. The van der Waals surface area contributed by atoms with E-state index in [1.54, 1.807) is 18.0 Å². The van der Waals surface area contributed by atoms with Crippen LogP contribution in [0.2, 0.25) is 0 Å². The van der Waals surface area contributed by atoms with E-state index >= 15 is 0 Å². The third-order valence-electron chi connectivity index (χ3n) is 3.67. The first-order valence-electron chi connectivity index (χ1n) is 7.19. The van der Waals surface area contributed by atoms with Crippen LogP contribution < -0.4 is 16.4 Å². The van der Waals surface area contributed by atoms with Crippen molar-refractivity contribution in [2.24, 2.45) is 5.73 Å². The van der Waals surface area contributed by atoms with Gasteiger partial charge in [0, 0.05) is 31.9 Å². The smallest absolute Gasteiger partial charge is 0.256 e. The second kappa shape index (κ2) is 6.58. The van der Waals surface area contributed by atoms with Crippen LogP contribution in [-0.2, 0) is 4.79 Å². The number of carbonyl (C=O) groups is 2. The van der Waals surface area contributed by atoms with E-state index < -0.39 is 6.04 Å². The van der Waals surface area contributed by atoms with Crippen molar-refractivity contribution in [3.05, 3.63) is 29.8 Å². The summed E-state index contributed by atoms with van der Waals surface area (Å²) in [4.78, 5) is 26.4. The molecular formula is C15H22N4O2. The number of likely N-dealkylation sites (N-methyl/N-ethyl adjacent to an activating group) is 1. The van der Waals surface area contributed by atoms with Gasteiger partial charge in [0.2, 0.25) is 5.91 Å². The topological polar surface area (TPSA) is 87.5 Å². The molecule has 0 bridgehead atoms. The third kappa shape index (κ3) is 3.16. The molecule has 2 rings (SSSR count). The zero-order valence-electron chi connectivity index (χ0n) is 12.4. The van der Waals surface area contributed by atoms with Crippen molar-refractivity contribution in [3.8, 4) is 0 Å². The second-order valence-electron chi connectivity index (χ2n) is 5.16. The van der Waals surface area contributed by atoms with Gasteiger partial charge in [-0.05, 0) is 25.5 Å². The van der Waals surface area contributed by atoms with Gasteiger partial charge in [0.15, 0.2) is 0 Å². The minimum atomic E-state index is -0.489. The Labute approximate surface area is 124 Å². The van der Waals surface area contributed by atoms with Gasteiger partial charge >= 0.3 is 0 Å². The first kappa shape index (κ1) is 15.3. The van der Waals surface area contributed by atoms with Crippen molar-refractivity contribution in [3.63, 3.8) is 0 Å². The lowest BCUT2D eigenvalue weighted by Gasteiger charge is -2.24. The molecule has 0 aliphatic carbocycles. The molecule has 0 saturated carbocycles. The van der Waals surface area contributed by atoms with Gasteiger partial charge in [0.05, 0.1) is 5.56 Å². The molecule has 6 heteroatoms. The number of anilines is 1. The molecule has 2 atom stereocenters. The molecule has 1 aliphatic heterocycles. The van der Waals surface area contributed by atoms with Crippen LogP contribution in [0, 0.1) is 0 Å². The van der Waals surface area contributed by atoms with Crippen molar-refractivity contribution in [1.82, 2.24) is 10.2 Å². The van der Waals surface area contributed by atoms with Crippen LogP contribution in [0.4, 0.5) is 5.69 Å². The lowest BCUT2D eigenvalue weighted by Crippen LogP contribution is -2.46. The lowest BCUT2D eigenvalue weighted by molar-refractivity contribution is -0.124. The predicted molar refractivity (Wildman–Crippen MR) is 82.1 cm³/mol. The van der Waals surface area contributed by atoms with Crippen LogP contribution in [0.5, 0.6) is 0 Å². The molecule has 1 aliphatic rings. The molecule has 21 heavy (non-hydrogen) atoms. The van der Waals surface area contributed by atoms with E-state index in [9.17, 15) is 9.59 Å². The Hall–Kier alpha value is -2.08. The number of hydrogen-bond donors (Lipinski definition) is 3.